The summed E-state index contributed by atoms with van der Waals surface area (Å²) in [6.07, 6.45) is 3.24. The Kier molecular flexibility index (Phi) is 6.72. The van der Waals surface area contributed by atoms with E-state index in [9.17, 15) is 4.79 Å². The summed E-state index contributed by atoms with van der Waals surface area (Å²) in [5.41, 5.74) is 1.72. The molecule has 0 saturated heterocycles. The van der Waals surface area contributed by atoms with E-state index in [0.717, 1.165) is 11.1 Å². The lowest BCUT2D eigenvalue weighted by atomic mass is 10.1. The van der Waals surface area contributed by atoms with Gasteiger partial charge in [0.25, 0.3) is 0 Å². The summed E-state index contributed by atoms with van der Waals surface area (Å²) in [4.78, 5) is 16.6. The third-order valence-electron chi connectivity index (χ3n) is 2.17. The molecule has 16 heavy (non-hydrogen) atoms. The standard InChI is InChI=1S/C10H12Cl2N2O.ClH/c1-7(15)14(2)6-8-4-13-5-10(12)9(8)3-11;/h4-5H,3,6H2,1-2H3;1H. The first-order chi connectivity index (χ1) is 7.06. The number of carbonyl (C=O) groups excluding carboxylic acids is 1. The van der Waals surface area contributed by atoms with Gasteiger partial charge in [-0.05, 0) is 11.1 Å². The second-order valence-electron chi connectivity index (χ2n) is 3.27. The van der Waals surface area contributed by atoms with Crippen LogP contribution in [0.4, 0.5) is 0 Å². The van der Waals surface area contributed by atoms with Crippen LogP contribution in [0.25, 0.3) is 0 Å². The quantitative estimate of drug-likeness (QED) is 0.799. The summed E-state index contributed by atoms with van der Waals surface area (Å²) in [5.74, 6) is 0.318. The number of hydrogen-bond donors (Lipinski definition) is 0. The highest BCUT2D eigenvalue weighted by atomic mass is 35.5. The predicted molar refractivity (Wildman–Crippen MR) is 68.2 cm³/mol. The molecule has 0 aliphatic carbocycles. The molecule has 0 aliphatic heterocycles. The summed E-state index contributed by atoms with van der Waals surface area (Å²) in [5, 5.41) is 0.541. The van der Waals surface area contributed by atoms with E-state index in [1.807, 2.05) is 0 Å². The molecule has 0 radical (unpaired) electrons. The number of amides is 1. The number of nitrogens with zero attached hydrogens (tertiary/aromatic N) is 2. The van der Waals surface area contributed by atoms with Gasteiger partial charge in [-0.3, -0.25) is 9.78 Å². The molecule has 1 amide bonds. The van der Waals surface area contributed by atoms with Crippen LogP contribution in [0, 0.1) is 0 Å². The van der Waals surface area contributed by atoms with Crippen molar-refractivity contribution in [3.63, 3.8) is 0 Å². The Morgan fingerprint density at radius 3 is 2.62 bits per heavy atom. The number of aromatic nitrogens is 1. The topological polar surface area (TPSA) is 33.2 Å². The number of hydrogen-bond acceptors (Lipinski definition) is 2. The molecular weight excluding hydrogens is 270 g/mol. The largest absolute Gasteiger partial charge is 0.342 e. The molecule has 0 spiro atoms. The van der Waals surface area contributed by atoms with Gasteiger partial charge in [0.2, 0.25) is 5.91 Å². The van der Waals surface area contributed by atoms with Crippen LogP contribution in [0.5, 0.6) is 0 Å². The third-order valence-corrected chi connectivity index (χ3v) is 2.77. The van der Waals surface area contributed by atoms with Crippen LogP contribution in [0.1, 0.15) is 18.1 Å². The molecule has 0 fully saturated rings. The van der Waals surface area contributed by atoms with Crippen LogP contribution in [0.2, 0.25) is 5.02 Å². The molecule has 0 bridgehead atoms. The Labute approximate surface area is 111 Å². The molecule has 1 aromatic rings. The third kappa shape index (κ3) is 3.81. The van der Waals surface area contributed by atoms with Gasteiger partial charge in [-0.1, -0.05) is 11.6 Å². The molecular formula is C10H13Cl3N2O. The monoisotopic (exact) mass is 282 g/mol. The number of carbonyl (C=O) groups is 1. The van der Waals surface area contributed by atoms with Gasteiger partial charge in [-0.15, -0.1) is 24.0 Å². The highest BCUT2D eigenvalue weighted by Gasteiger charge is 2.10. The van der Waals surface area contributed by atoms with E-state index in [1.54, 1.807) is 24.3 Å². The fraction of sp³-hybridized carbons (Fsp3) is 0.400. The maximum Gasteiger partial charge on any atom is 0.219 e. The molecule has 1 rings (SSSR count). The SMILES string of the molecule is CC(=O)N(C)Cc1cncc(Cl)c1CCl.Cl. The number of alkyl halides is 1. The minimum absolute atomic E-state index is 0. The van der Waals surface area contributed by atoms with E-state index in [2.05, 4.69) is 4.98 Å². The minimum atomic E-state index is -0.00417. The van der Waals surface area contributed by atoms with Crippen LogP contribution in [0.3, 0.4) is 0 Å². The van der Waals surface area contributed by atoms with Crippen molar-refractivity contribution in [1.29, 1.82) is 0 Å². The molecule has 1 heterocycles. The highest BCUT2D eigenvalue weighted by molar-refractivity contribution is 6.32. The zero-order chi connectivity index (χ0) is 11.4. The molecule has 0 atom stereocenters. The van der Waals surface area contributed by atoms with E-state index >= 15 is 0 Å². The normalized spacial score (nSPS) is 9.50. The van der Waals surface area contributed by atoms with E-state index in [4.69, 9.17) is 23.2 Å². The molecule has 1 aromatic heterocycles. The van der Waals surface area contributed by atoms with Gasteiger partial charge in [-0.2, -0.15) is 0 Å². The maximum absolute atomic E-state index is 11.1. The van der Waals surface area contributed by atoms with Gasteiger partial charge in [0.05, 0.1) is 5.02 Å². The van der Waals surface area contributed by atoms with E-state index in [-0.39, 0.29) is 18.3 Å². The summed E-state index contributed by atoms with van der Waals surface area (Å²) >= 11 is 11.7. The van der Waals surface area contributed by atoms with Crippen molar-refractivity contribution in [2.24, 2.45) is 0 Å². The van der Waals surface area contributed by atoms with Crippen LogP contribution in [0.15, 0.2) is 12.4 Å². The molecule has 0 aliphatic rings. The second-order valence-corrected chi connectivity index (χ2v) is 3.94. The number of halogens is 3. The Balaban J connectivity index is 0.00000225. The van der Waals surface area contributed by atoms with Crippen molar-refractivity contribution in [2.75, 3.05) is 7.05 Å². The molecule has 0 saturated carbocycles. The lowest BCUT2D eigenvalue weighted by Crippen LogP contribution is -2.23. The zero-order valence-electron chi connectivity index (χ0n) is 9.04. The molecule has 0 unspecified atom stereocenters. The van der Waals surface area contributed by atoms with E-state index in [0.29, 0.717) is 17.4 Å². The minimum Gasteiger partial charge on any atom is -0.342 e. The van der Waals surface area contributed by atoms with Gasteiger partial charge in [0, 0.05) is 38.8 Å². The van der Waals surface area contributed by atoms with Crippen LogP contribution in [-0.2, 0) is 17.2 Å². The molecule has 0 N–H and O–H groups in total. The van der Waals surface area contributed by atoms with Crippen LogP contribution >= 0.6 is 35.6 Å². The number of pyridine rings is 1. The van der Waals surface area contributed by atoms with Crippen LogP contribution in [-0.4, -0.2) is 22.8 Å². The first-order valence-corrected chi connectivity index (χ1v) is 5.36. The predicted octanol–water partition coefficient (Wildman–Crippen LogP) is 2.87. The summed E-state index contributed by atoms with van der Waals surface area (Å²) < 4.78 is 0. The Hall–Kier alpha value is -0.510. The Morgan fingerprint density at radius 1 is 1.50 bits per heavy atom. The first-order valence-electron chi connectivity index (χ1n) is 4.45. The van der Waals surface area contributed by atoms with Crippen molar-refractivity contribution >= 4 is 41.5 Å². The van der Waals surface area contributed by atoms with Gasteiger partial charge >= 0.3 is 0 Å². The average molecular weight is 284 g/mol. The van der Waals surface area contributed by atoms with Crippen molar-refractivity contribution < 1.29 is 4.79 Å². The van der Waals surface area contributed by atoms with Crippen molar-refractivity contribution in [3.8, 4) is 0 Å². The van der Waals surface area contributed by atoms with Crippen molar-refractivity contribution in [2.45, 2.75) is 19.3 Å². The summed E-state index contributed by atoms with van der Waals surface area (Å²) in [6.45, 7) is 1.99. The smallest absolute Gasteiger partial charge is 0.219 e. The molecule has 90 valence electrons. The molecule has 0 aromatic carbocycles. The zero-order valence-corrected chi connectivity index (χ0v) is 11.4. The average Bonchev–Trinajstić information content (AvgIpc) is 2.18. The highest BCUT2D eigenvalue weighted by Crippen LogP contribution is 2.21. The fourth-order valence-electron chi connectivity index (χ4n) is 1.15. The van der Waals surface area contributed by atoms with Gasteiger partial charge < -0.3 is 4.90 Å². The van der Waals surface area contributed by atoms with Gasteiger partial charge in [-0.25, -0.2) is 0 Å². The van der Waals surface area contributed by atoms with Crippen molar-refractivity contribution in [3.05, 3.63) is 28.5 Å². The lowest BCUT2D eigenvalue weighted by Gasteiger charge is -2.16. The van der Waals surface area contributed by atoms with E-state index < -0.39 is 0 Å². The number of rotatable bonds is 3. The Morgan fingerprint density at radius 2 is 2.12 bits per heavy atom. The van der Waals surface area contributed by atoms with Gasteiger partial charge in [0.1, 0.15) is 0 Å². The fourth-order valence-corrected chi connectivity index (χ4v) is 1.78. The summed E-state index contributed by atoms with van der Waals surface area (Å²) in [6, 6.07) is 0. The first kappa shape index (κ1) is 15.5. The lowest BCUT2D eigenvalue weighted by molar-refractivity contribution is -0.128. The molecule has 3 nitrogen and oxygen atoms in total. The Bertz CT molecular complexity index is 371. The molecule has 6 heteroatoms. The second kappa shape index (κ2) is 6.94. The summed E-state index contributed by atoms with van der Waals surface area (Å²) in [7, 11) is 1.72. The van der Waals surface area contributed by atoms with Crippen LogP contribution < -0.4 is 0 Å². The maximum atomic E-state index is 11.1. The van der Waals surface area contributed by atoms with E-state index in [1.165, 1.54) is 6.92 Å². The van der Waals surface area contributed by atoms with Crippen molar-refractivity contribution in [1.82, 2.24) is 9.88 Å². The van der Waals surface area contributed by atoms with Gasteiger partial charge in [0.15, 0.2) is 0 Å².